The Balaban J connectivity index is 2.04. The second-order valence-electron chi connectivity index (χ2n) is 6.06. The lowest BCUT2D eigenvalue weighted by atomic mass is 9.81. The topological polar surface area (TPSA) is 41.1 Å². The number of hydrogen-bond donors (Lipinski definition) is 2. The molecule has 3 heteroatoms. The first-order chi connectivity index (χ1) is 9.57. The number of amides is 1. The molecule has 1 aromatic rings. The fraction of sp³-hybridized carbons (Fsp3) is 0.588. The summed E-state index contributed by atoms with van der Waals surface area (Å²) >= 11 is 0. The lowest BCUT2D eigenvalue weighted by Crippen LogP contribution is -2.43. The lowest BCUT2D eigenvalue weighted by molar-refractivity contribution is -0.131. The Morgan fingerprint density at radius 1 is 1.40 bits per heavy atom. The van der Waals surface area contributed by atoms with Gasteiger partial charge in [-0.2, -0.15) is 0 Å². The Labute approximate surface area is 122 Å². The van der Waals surface area contributed by atoms with Crippen LogP contribution in [0.3, 0.4) is 0 Å². The molecule has 2 atom stereocenters. The summed E-state index contributed by atoms with van der Waals surface area (Å²) in [6, 6.07) is 8.45. The van der Waals surface area contributed by atoms with E-state index in [-0.39, 0.29) is 17.4 Å². The van der Waals surface area contributed by atoms with Crippen molar-refractivity contribution in [1.82, 2.24) is 10.6 Å². The van der Waals surface area contributed by atoms with Gasteiger partial charge in [-0.25, -0.2) is 0 Å². The normalized spacial score (nSPS) is 23.6. The predicted molar refractivity (Wildman–Crippen MR) is 82.6 cm³/mol. The predicted octanol–water partition coefficient (Wildman–Crippen LogP) is 2.95. The highest BCUT2D eigenvalue weighted by Gasteiger charge is 2.40. The minimum absolute atomic E-state index is 0.0671. The fourth-order valence-electron chi connectivity index (χ4n) is 3.03. The van der Waals surface area contributed by atoms with Crippen LogP contribution in [0.25, 0.3) is 0 Å². The number of benzene rings is 1. The van der Waals surface area contributed by atoms with Crippen molar-refractivity contribution in [3.05, 3.63) is 35.4 Å². The Hall–Kier alpha value is -1.35. The van der Waals surface area contributed by atoms with E-state index in [1.165, 1.54) is 11.1 Å². The molecule has 0 aromatic heterocycles. The molecule has 3 nitrogen and oxygen atoms in total. The van der Waals surface area contributed by atoms with Gasteiger partial charge in [0.1, 0.15) is 0 Å². The molecule has 1 aromatic carbocycles. The van der Waals surface area contributed by atoms with Crippen LogP contribution >= 0.6 is 0 Å². The zero-order valence-electron chi connectivity index (χ0n) is 12.8. The van der Waals surface area contributed by atoms with E-state index in [1.807, 2.05) is 0 Å². The number of carbonyl (C=O) groups excluding carboxylic acids is 1. The van der Waals surface area contributed by atoms with E-state index in [4.69, 9.17) is 0 Å². The SMILES string of the molecule is CCCC1(C(=O)NC(C)c2ccc(C)cc2)CCNC1. The fourth-order valence-corrected chi connectivity index (χ4v) is 3.03. The van der Waals surface area contributed by atoms with E-state index in [9.17, 15) is 4.79 Å². The first kappa shape index (κ1) is 15.0. The van der Waals surface area contributed by atoms with Gasteiger partial charge >= 0.3 is 0 Å². The molecular formula is C17H26N2O. The van der Waals surface area contributed by atoms with Gasteiger partial charge in [-0.15, -0.1) is 0 Å². The number of nitrogens with one attached hydrogen (secondary N) is 2. The van der Waals surface area contributed by atoms with Crippen LogP contribution in [-0.4, -0.2) is 19.0 Å². The smallest absolute Gasteiger partial charge is 0.228 e. The molecule has 1 aliphatic rings. The van der Waals surface area contributed by atoms with Crippen LogP contribution in [0.2, 0.25) is 0 Å². The van der Waals surface area contributed by atoms with Crippen molar-refractivity contribution in [2.24, 2.45) is 5.41 Å². The van der Waals surface area contributed by atoms with Crippen LogP contribution < -0.4 is 10.6 Å². The summed E-state index contributed by atoms with van der Waals surface area (Å²) in [5.41, 5.74) is 2.21. The van der Waals surface area contributed by atoms with E-state index in [0.717, 1.165) is 32.4 Å². The highest BCUT2D eigenvalue weighted by Crippen LogP contribution is 2.32. The van der Waals surface area contributed by atoms with Gasteiger partial charge in [-0.1, -0.05) is 43.2 Å². The van der Waals surface area contributed by atoms with Gasteiger partial charge in [-0.05, 0) is 38.8 Å². The van der Waals surface area contributed by atoms with Gasteiger partial charge in [-0.3, -0.25) is 4.79 Å². The van der Waals surface area contributed by atoms with Gasteiger partial charge in [0.25, 0.3) is 0 Å². The first-order valence-corrected chi connectivity index (χ1v) is 7.66. The molecule has 0 aliphatic carbocycles. The molecular weight excluding hydrogens is 248 g/mol. The number of carbonyl (C=O) groups is 1. The van der Waals surface area contributed by atoms with Crippen molar-refractivity contribution in [2.75, 3.05) is 13.1 Å². The zero-order valence-corrected chi connectivity index (χ0v) is 12.8. The van der Waals surface area contributed by atoms with Crippen LogP contribution in [0.15, 0.2) is 24.3 Å². The second-order valence-corrected chi connectivity index (χ2v) is 6.06. The quantitative estimate of drug-likeness (QED) is 0.866. The Bertz CT molecular complexity index is 447. The summed E-state index contributed by atoms with van der Waals surface area (Å²) in [6.45, 7) is 8.05. The van der Waals surface area contributed by atoms with Crippen molar-refractivity contribution in [2.45, 2.75) is 46.1 Å². The maximum absolute atomic E-state index is 12.7. The van der Waals surface area contributed by atoms with Gasteiger partial charge in [0, 0.05) is 6.54 Å². The molecule has 0 bridgehead atoms. The summed E-state index contributed by atoms with van der Waals surface area (Å²) in [5, 5.41) is 6.54. The summed E-state index contributed by atoms with van der Waals surface area (Å²) in [5.74, 6) is 0.206. The number of hydrogen-bond acceptors (Lipinski definition) is 2. The standard InChI is InChI=1S/C17H26N2O/c1-4-9-17(10-11-18-12-17)16(20)19-14(3)15-7-5-13(2)6-8-15/h5-8,14,18H,4,9-12H2,1-3H3,(H,19,20). The summed E-state index contributed by atoms with van der Waals surface area (Å²) < 4.78 is 0. The summed E-state index contributed by atoms with van der Waals surface area (Å²) in [6.07, 6.45) is 2.97. The molecule has 110 valence electrons. The zero-order chi connectivity index (χ0) is 14.6. The number of aryl methyl sites for hydroxylation is 1. The summed E-state index contributed by atoms with van der Waals surface area (Å²) in [7, 11) is 0. The highest BCUT2D eigenvalue weighted by atomic mass is 16.2. The minimum Gasteiger partial charge on any atom is -0.349 e. The van der Waals surface area contributed by atoms with Crippen LogP contribution in [0.5, 0.6) is 0 Å². The van der Waals surface area contributed by atoms with Crippen LogP contribution in [0, 0.1) is 12.3 Å². The third-order valence-corrected chi connectivity index (χ3v) is 4.38. The third kappa shape index (κ3) is 3.21. The summed E-state index contributed by atoms with van der Waals surface area (Å²) in [4.78, 5) is 12.7. The van der Waals surface area contributed by atoms with Crippen molar-refractivity contribution >= 4 is 5.91 Å². The van der Waals surface area contributed by atoms with Gasteiger partial charge in [0.2, 0.25) is 5.91 Å². The average Bonchev–Trinajstić information content (AvgIpc) is 2.89. The second kappa shape index (κ2) is 6.40. The Morgan fingerprint density at radius 3 is 2.65 bits per heavy atom. The van der Waals surface area contributed by atoms with Gasteiger partial charge in [0.05, 0.1) is 11.5 Å². The largest absolute Gasteiger partial charge is 0.349 e. The molecule has 0 radical (unpaired) electrons. The number of rotatable bonds is 5. The lowest BCUT2D eigenvalue weighted by Gasteiger charge is -2.28. The van der Waals surface area contributed by atoms with Crippen molar-refractivity contribution in [1.29, 1.82) is 0 Å². The van der Waals surface area contributed by atoms with Crippen LogP contribution in [-0.2, 0) is 4.79 Å². The molecule has 0 spiro atoms. The molecule has 20 heavy (non-hydrogen) atoms. The third-order valence-electron chi connectivity index (χ3n) is 4.38. The maximum Gasteiger partial charge on any atom is 0.228 e. The first-order valence-electron chi connectivity index (χ1n) is 7.66. The molecule has 1 aliphatic heterocycles. The molecule has 1 fully saturated rings. The minimum atomic E-state index is -0.201. The van der Waals surface area contributed by atoms with E-state index in [0.29, 0.717) is 0 Å². The highest BCUT2D eigenvalue weighted by molar-refractivity contribution is 5.83. The molecule has 2 rings (SSSR count). The van der Waals surface area contributed by atoms with Crippen molar-refractivity contribution < 1.29 is 4.79 Å². The van der Waals surface area contributed by atoms with E-state index >= 15 is 0 Å². The van der Waals surface area contributed by atoms with E-state index < -0.39 is 0 Å². The molecule has 2 unspecified atom stereocenters. The van der Waals surface area contributed by atoms with Crippen LogP contribution in [0.1, 0.15) is 50.3 Å². The molecule has 0 saturated carbocycles. The maximum atomic E-state index is 12.7. The van der Waals surface area contributed by atoms with Gasteiger partial charge < -0.3 is 10.6 Å². The molecule has 2 N–H and O–H groups in total. The van der Waals surface area contributed by atoms with Gasteiger partial charge in [0.15, 0.2) is 0 Å². The molecule has 1 saturated heterocycles. The van der Waals surface area contributed by atoms with Crippen molar-refractivity contribution in [3.63, 3.8) is 0 Å². The van der Waals surface area contributed by atoms with E-state index in [2.05, 4.69) is 55.7 Å². The van der Waals surface area contributed by atoms with Crippen molar-refractivity contribution in [3.8, 4) is 0 Å². The average molecular weight is 274 g/mol. The molecule has 1 heterocycles. The Morgan fingerprint density at radius 2 is 2.10 bits per heavy atom. The van der Waals surface area contributed by atoms with Crippen LogP contribution in [0.4, 0.5) is 0 Å². The monoisotopic (exact) mass is 274 g/mol. The molecule has 1 amide bonds. The Kier molecular flexibility index (Phi) is 4.81. The van der Waals surface area contributed by atoms with E-state index in [1.54, 1.807) is 0 Å².